The zero-order valence-corrected chi connectivity index (χ0v) is 25.5. The number of likely N-dealkylation sites (tertiary alicyclic amines) is 2. The van der Waals surface area contributed by atoms with Crippen LogP contribution in [-0.2, 0) is 9.59 Å². The molecule has 2 fully saturated rings. The highest BCUT2D eigenvalue weighted by Gasteiger charge is 2.26. The molecule has 2 aromatic heterocycles. The number of nitrogens with two attached hydrogens (primary N) is 2. The van der Waals surface area contributed by atoms with Crippen LogP contribution < -0.4 is 11.5 Å². The minimum atomic E-state index is -1.26. The van der Waals surface area contributed by atoms with Gasteiger partial charge in [0.1, 0.15) is 11.6 Å². The Morgan fingerprint density at radius 3 is 1.43 bits per heavy atom. The Hall–Kier alpha value is -4.24. The van der Waals surface area contributed by atoms with E-state index in [1.54, 1.807) is 12.1 Å². The molecule has 0 spiro atoms. The van der Waals surface area contributed by atoms with Crippen LogP contribution in [-0.4, -0.2) is 94.6 Å². The lowest BCUT2D eigenvalue weighted by Gasteiger charge is -2.30. The second kappa shape index (κ2) is 16.9. The van der Waals surface area contributed by atoms with Gasteiger partial charge in [0, 0.05) is 73.1 Å². The summed E-state index contributed by atoms with van der Waals surface area (Å²) in [5.74, 6) is -2.28. The fourth-order valence-electron chi connectivity index (χ4n) is 5.82. The molecule has 2 aromatic carbocycles. The number of piperidine rings is 2. The van der Waals surface area contributed by atoms with Gasteiger partial charge in [0.15, 0.2) is 11.2 Å². The van der Waals surface area contributed by atoms with Gasteiger partial charge in [0.05, 0.1) is 11.4 Å². The summed E-state index contributed by atoms with van der Waals surface area (Å²) in [6.45, 7) is 7.48. The van der Waals surface area contributed by atoms with Gasteiger partial charge >= 0.3 is 11.9 Å². The Bertz CT molecular complexity index is 1490. The van der Waals surface area contributed by atoms with E-state index in [4.69, 9.17) is 30.7 Å². The quantitative estimate of drug-likeness (QED) is 0.203. The minimum Gasteiger partial charge on any atom is -0.478 e. The first-order valence-corrected chi connectivity index (χ1v) is 15.3. The first-order valence-electron chi connectivity index (χ1n) is 15.3. The standard InChI is InChI=1S/2C14H18FN3O.C4H4O4/c2*15-11-1-2-12-13(9-11)19-17-14(12)10-3-6-18(7-4-10)8-5-16;5-3(6)1-2-4(7)8/h2*1-2,9-10H,3-8,16H2;1-2H,(H,5,6)(H,7,8)/b;;2-1+. The maximum atomic E-state index is 13.1. The molecular weight excluding hydrogens is 602 g/mol. The van der Waals surface area contributed by atoms with Crippen LogP contribution >= 0.6 is 0 Å². The summed E-state index contributed by atoms with van der Waals surface area (Å²) in [7, 11) is 0. The maximum absolute atomic E-state index is 13.1. The second-order valence-electron chi connectivity index (χ2n) is 11.2. The van der Waals surface area contributed by atoms with Crippen molar-refractivity contribution in [3.63, 3.8) is 0 Å². The Morgan fingerprint density at radius 1 is 0.739 bits per heavy atom. The maximum Gasteiger partial charge on any atom is 0.328 e. The molecule has 0 amide bonds. The summed E-state index contributed by atoms with van der Waals surface area (Å²) < 4.78 is 36.7. The Labute approximate surface area is 264 Å². The number of carboxylic acids is 2. The van der Waals surface area contributed by atoms with Crippen LogP contribution in [0.5, 0.6) is 0 Å². The van der Waals surface area contributed by atoms with E-state index in [9.17, 15) is 18.4 Å². The zero-order chi connectivity index (χ0) is 33.1. The van der Waals surface area contributed by atoms with Gasteiger partial charge in [-0.25, -0.2) is 18.4 Å². The third-order valence-electron chi connectivity index (χ3n) is 8.13. The lowest BCUT2D eigenvalue weighted by atomic mass is 9.91. The lowest BCUT2D eigenvalue weighted by Crippen LogP contribution is -2.36. The topological polar surface area (TPSA) is 185 Å². The Kier molecular flexibility index (Phi) is 12.7. The van der Waals surface area contributed by atoms with Gasteiger partial charge in [0.25, 0.3) is 0 Å². The smallest absolute Gasteiger partial charge is 0.328 e. The molecule has 0 bridgehead atoms. The summed E-state index contributed by atoms with van der Waals surface area (Å²) in [5.41, 5.74) is 14.2. The fraction of sp³-hybridized carbons (Fsp3) is 0.438. The SMILES string of the molecule is NCCN1CCC(c2noc3cc(F)ccc23)CC1.NCCN1CCC(c2noc3cc(F)ccc23)CC1.O=C(O)/C=C/C(=O)O. The largest absolute Gasteiger partial charge is 0.478 e. The number of halogens is 2. The third-order valence-corrected chi connectivity index (χ3v) is 8.13. The summed E-state index contributed by atoms with van der Waals surface area (Å²) in [6, 6.07) is 9.26. The van der Waals surface area contributed by atoms with E-state index in [0.717, 1.165) is 87.1 Å². The molecule has 0 atom stereocenters. The predicted octanol–water partition coefficient (Wildman–Crippen LogP) is 3.92. The number of aliphatic carboxylic acids is 2. The van der Waals surface area contributed by atoms with Crippen LogP contribution in [0.15, 0.2) is 57.6 Å². The summed E-state index contributed by atoms with van der Waals surface area (Å²) in [6.07, 6.45) is 5.33. The molecule has 0 saturated carbocycles. The number of rotatable bonds is 8. The van der Waals surface area contributed by atoms with Crippen molar-refractivity contribution >= 4 is 33.9 Å². The number of hydrogen-bond acceptors (Lipinski definition) is 10. The molecule has 2 aliphatic heterocycles. The molecule has 12 nitrogen and oxygen atoms in total. The number of fused-ring (bicyclic) bond motifs is 2. The molecule has 0 unspecified atom stereocenters. The highest BCUT2D eigenvalue weighted by atomic mass is 19.1. The van der Waals surface area contributed by atoms with Crippen molar-refractivity contribution in [1.29, 1.82) is 0 Å². The fourth-order valence-corrected chi connectivity index (χ4v) is 5.82. The van der Waals surface area contributed by atoms with Crippen LogP contribution in [0.3, 0.4) is 0 Å². The average molecular weight is 643 g/mol. The highest BCUT2D eigenvalue weighted by molar-refractivity contribution is 5.89. The normalized spacial score (nSPS) is 16.7. The van der Waals surface area contributed by atoms with Gasteiger partial charge in [-0.3, -0.25) is 0 Å². The van der Waals surface area contributed by atoms with Crippen molar-refractivity contribution in [3.05, 3.63) is 71.6 Å². The van der Waals surface area contributed by atoms with E-state index >= 15 is 0 Å². The number of carbonyl (C=O) groups is 2. The number of hydrogen-bond donors (Lipinski definition) is 4. The summed E-state index contributed by atoms with van der Waals surface area (Å²) in [4.78, 5) is 23.9. The van der Waals surface area contributed by atoms with E-state index in [1.807, 2.05) is 0 Å². The third kappa shape index (κ3) is 9.63. The molecule has 0 aliphatic carbocycles. The molecule has 2 aliphatic rings. The molecule has 0 radical (unpaired) electrons. The van der Waals surface area contributed by atoms with E-state index in [-0.39, 0.29) is 11.6 Å². The lowest BCUT2D eigenvalue weighted by molar-refractivity contribution is -0.134. The summed E-state index contributed by atoms with van der Waals surface area (Å²) in [5, 5.41) is 25.8. The van der Waals surface area contributed by atoms with Gasteiger partial charge in [-0.1, -0.05) is 10.3 Å². The molecule has 4 heterocycles. The van der Waals surface area contributed by atoms with Crippen molar-refractivity contribution < 1.29 is 37.6 Å². The molecule has 14 heteroatoms. The first-order chi connectivity index (χ1) is 22.2. The van der Waals surface area contributed by atoms with Crippen molar-refractivity contribution in [2.24, 2.45) is 11.5 Å². The molecule has 4 aromatic rings. The minimum absolute atomic E-state index is 0.284. The Balaban J connectivity index is 0.000000170. The summed E-state index contributed by atoms with van der Waals surface area (Å²) >= 11 is 0. The van der Waals surface area contributed by atoms with Crippen molar-refractivity contribution in [2.45, 2.75) is 37.5 Å². The van der Waals surface area contributed by atoms with Crippen molar-refractivity contribution in [3.8, 4) is 0 Å². The van der Waals surface area contributed by atoms with Crippen molar-refractivity contribution in [1.82, 2.24) is 20.1 Å². The van der Waals surface area contributed by atoms with Crippen molar-refractivity contribution in [2.75, 3.05) is 52.4 Å². The first kappa shape index (κ1) is 34.6. The average Bonchev–Trinajstić information content (AvgIpc) is 3.65. The number of aromatic nitrogens is 2. The predicted molar refractivity (Wildman–Crippen MR) is 167 cm³/mol. The van der Waals surface area contributed by atoms with Crippen LogP contribution in [0.25, 0.3) is 21.9 Å². The number of benzene rings is 2. The van der Waals surface area contributed by atoms with Crippen LogP contribution in [0.4, 0.5) is 8.78 Å². The number of nitrogens with zero attached hydrogens (tertiary/aromatic N) is 4. The van der Waals surface area contributed by atoms with E-state index in [2.05, 4.69) is 20.1 Å². The second-order valence-corrected chi connectivity index (χ2v) is 11.2. The van der Waals surface area contributed by atoms with Crippen LogP contribution in [0.1, 0.15) is 48.9 Å². The molecule has 46 heavy (non-hydrogen) atoms. The molecule has 6 rings (SSSR count). The Morgan fingerprint density at radius 2 is 1.11 bits per heavy atom. The molecule has 6 N–H and O–H groups in total. The zero-order valence-electron chi connectivity index (χ0n) is 25.5. The highest BCUT2D eigenvalue weighted by Crippen LogP contribution is 2.33. The molecule has 2 saturated heterocycles. The van der Waals surface area contributed by atoms with Gasteiger partial charge < -0.3 is 40.5 Å². The molecular formula is C32H40F2N6O6. The van der Waals surface area contributed by atoms with Crippen LogP contribution in [0.2, 0.25) is 0 Å². The number of carboxylic acid groups (broad SMARTS) is 2. The van der Waals surface area contributed by atoms with Gasteiger partial charge in [0.2, 0.25) is 0 Å². The van der Waals surface area contributed by atoms with Gasteiger partial charge in [-0.15, -0.1) is 0 Å². The molecule has 248 valence electrons. The van der Waals surface area contributed by atoms with Gasteiger partial charge in [-0.2, -0.15) is 0 Å². The van der Waals surface area contributed by atoms with Crippen LogP contribution in [0, 0.1) is 11.6 Å². The van der Waals surface area contributed by atoms with Gasteiger partial charge in [-0.05, 0) is 76.1 Å². The van der Waals surface area contributed by atoms with E-state index < -0.39 is 11.9 Å². The monoisotopic (exact) mass is 642 g/mol. The van der Waals surface area contributed by atoms with E-state index in [0.29, 0.717) is 48.2 Å². The van der Waals surface area contributed by atoms with E-state index in [1.165, 1.54) is 24.3 Å².